The summed E-state index contributed by atoms with van der Waals surface area (Å²) in [7, 11) is 1.15. The van der Waals surface area contributed by atoms with Gasteiger partial charge in [-0.15, -0.1) is 0 Å². The minimum atomic E-state index is -6.06. The predicted molar refractivity (Wildman–Crippen MR) is 48.4 cm³/mol. The van der Waals surface area contributed by atoms with Gasteiger partial charge >= 0.3 is 17.8 Å². The lowest BCUT2D eigenvalue weighted by molar-refractivity contribution is -0.303. The minimum absolute atomic E-state index is 1.15. The second-order valence-electron chi connectivity index (χ2n) is 3.83. The number of hydrogen-bond donors (Lipinski definition) is 0. The van der Waals surface area contributed by atoms with E-state index < -0.39 is 51.7 Å². The molecule has 1 aliphatic rings. The Hall–Kier alpha value is -0.980. The van der Waals surface area contributed by atoms with Crippen molar-refractivity contribution in [1.82, 2.24) is 0 Å². The number of halogens is 9. The number of benzene rings is 1. The summed E-state index contributed by atoms with van der Waals surface area (Å²) < 4.78 is 118. The van der Waals surface area contributed by atoms with E-state index in [0.29, 0.717) is 0 Å². The van der Waals surface area contributed by atoms with Gasteiger partial charge in [0.05, 0.1) is 11.1 Å². The van der Waals surface area contributed by atoms with E-state index in [4.69, 9.17) is 0 Å². The molecule has 1 aromatic carbocycles. The van der Waals surface area contributed by atoms with Crippen molar-refractivity contribution in [2.75, 3.05) is 0 Å². The molecule has 1 aliphatic carbocycles. The van der Waals surface area contributed by atoms with Crippen molar-refractivity contribution in [2.24, 2.45) is 0 Å². The van der Waals surface area contributed by atoms with E-state index in [0.717, 1.165) is 9.24 Å². The zero-order valence-corrected chi connectivity index (χ0v) is 9.63. The summed E-state index contributed by atoms with van der Waals surface area (Å²) >= 11 is 0. The number of rotatable bonds is 0. The van der Waals surface area contributed by atoms with Gasteiger partial charge in [-0.1, -0.05) is 9.24 Å². The topological polar surface area (TPSA) is 0 Å². The minimum Gasteiger partial charge on any atom is -0.206 e. The maximum atomic E-state index is 13.4. The van der Waals surface area contributed by atoms with Crippen LogP contribution in [0.3, 0.4) is 0 Å². The second kappa shape index (κ2) is 3.56. The third kappa shape index (κ3) is 1.37. The quantitative estimate of drug-likeness (QED) is 0.391. The molecule has 2 rings (SSSR count). The highest BCUT2D eigenvalue weighted by molar-refractivity contribution is 7.27. The number of hydrogen-bond acceptors (Lipinski definition) is 0. The SMILES string of the molecule is Fc1c(F)c2c(c(F)c1P)C(F)(F)C(F)(F)C2(F)F. The fourth-order valence-corrected chi connectivity index (χ4v) is 2.05. The van der Waals surface area contributed by atoms with Gasteiger partial charge in [0.25, 0.3) is 0 Å². The fourth-order valence-electron chi connectivity index (χ4n) is 1.78. The molecule has 0 saturated carbocycles. The van der Waals surface area contributed by atoms with E-state index in [1.165, 1.54) is 0 Å². The third-order valence-electron chi connectivity index (χ3n) is 2.77. The standard InChI is InChI=1S/C9H2F9P/c10-3-1-2(4(11)6(19)5(3)12)8(15,16)9(17,18)7(1,13)14/h19H2. The Labute approximate surface area is 101 Å². The van der Waals surface area contributed by atoms with Gasteiger partial charge < -0.3 is 0 Å². The van der Waals surface area contributed by atoms with E-state index >= 15 is 0 Å². The van der Waals surface area contributed by atoms with Crippen LogP contribution in [0.1, 0.15) is 11.1 Å². The molecule has 0 amide bonds. The van der Waals surface area contributed by atoms with Crippen LogP contribution in [-0.2, 0) is 11.8 Å². The van der Waals surface area contributed by atoms with Crippen LogP contribution in [0, 0.1) is 17.5 Å². The maximum Gasteiger partial charge on any atom is 0.380 e. The van der Waals surface area contributed by atoms with Gasteiger partial charge in [0, 0.05) is 5.30 Å². The molecular formula is C9H2F9P. The first kappa shape index (κ1) is 14.4. The summed E-state index contributed by atoms with van der Waals surface area (Å²) in [6.07, 6.45) is 0. The molecule has 0 bridgehead atoms. The van der Waals surface area contributed by atoms with Gasteiger partial charge in [-0.05, 0) is 0 Å². The Morgan fingerprint density at radius 2 is 1.00 bits per heavy atom. The molecule has 0 spiro atoms. The molecule has 1 atom stereocenters. The first-order valence-electron chi connectivity index (χ1n) is 4.49. The molecule has 0 aromatic heterocycles. The van der Waals surface area contributed by atoms with Crippen LogP contribution in [0.5, 0.6) is 0 Å². The van der Waals surface area contributed by atoms with E-state index in [9.17, 15) is 39.5 Å². The van der Waals surface area contributed by atoms with Crippen molar-refractivity contribution in [2.45, 2.75) is 17.8 Å². The Kier molecular flexibility index (Phi) is 2.70. The molecule has 106 valence electrons. The molecule has 0 N–H and O–H groups in total. The highest BCUT2D eigenvalue weighted by Gasteiger charge is 2.81. The van der Waals surface area contributed by atoms with Crippen molar-refractivity contribution < 1.29 is 39.5 Å². The molecule has 10 heteroatoms. The Morgan fingerprint density at radius 1 is 0.632 bits per heavy atom. The highest BCUT2D eigenvalue weighted by atomic mass is 31.0. The summed E-state index contributed by atoms with van der Waals surface area (Å²) in [5.74, 6) is -24.7. The molecule has 0 aliphatic heterocycles. The molecule has 1 unspecified atom stereocenters. The zero-order chi connectivity index (χ0) is 15.0. The van der Waals surface area contributed by atoms with Gasteiger partial charge in [0.2, 0.25) is 0 Å². The van der Waals surface area contributed by atoms with Gasteiger partial charge in [-0.2, -0.15) is 26.3 Å². The summed E-state index contributed by atoms with van der Waals surface area (Å²) in [6, 6.07) is 0. The van der Waals surface area contributed by atoms with Gasteiger partial charge in [0.1, 0.15) is 5.82 Å². The highest BCUT2D eigenvalue weighted by Crippen LogP contribution is 2.64. The van der Waals surface area contributed by atoms with Gasteiger partial charge in [0.15, 0.2) is 11.6 Å². The fraction of sp³-hybridized carbons (Fsp3) is 0.333. The van der Waals surface area contributed by atoms with Crippen LogP contribution in [0.15, 0.2) is 0 Å². The van der Waals surface area contributed by atoms with Crippen molar-refractivity contribution in [3.8, 4) is 0 Å². The molecular weight excluding hydrogens is 310 g/mol. The molecule has 0 saturated heterocycles. The van der Waals surface area contributed by atoms with Crippen LogP contribution >= 0.6 is 9.24 Å². The monoisotopic (exact) mass is 312 g/mol. The predicted octanol–water partition coefficient (Wildman–Crippen LogP) is 3.44. The van der Waals surface area contributed by atoms with E-state index in [2.05, 4.69) is 0 Å². The Morgan fingerprint density at radius 3 is 1.42 bits per heavy atom. The molecule has 19 heavy (non-hydrogen) atoms. The molecule has 0 heterocycles. The number of fused-ring (bicyclic) bond motifs is 1. The summed E-state index contributed by atoms with van der Waals surface area (Å²) in [5, 5.41) is -1.45. The molecule has 1 aromatic rings. The summed E-state index contributed by atoms with van der Waals surface area (Å²) in [6.45, 7) is 0. The lowest BCUT2D eigenvalue weighted by Crippen LogP contribution is -2.43. The third-order valence-corrected chi connectivity index (χ3v) is 3.28. The van der Waals surface area contributed by atoms with Crippen LogP contribution in [-0.4, -0.2) is 5.92 Å². The summed E-state index contributed by atoms with van der Waals surface area (Å²) in [5.41, 5.74) is -5.17. The Balaban J connectivity index is 3.02. The van der Waals surface area contributed by atoms with Gasteiger partial charge in [-0.3, -0.25) is 0 Å². The molecule has 0 fully saturated rings. The smallest absolute Gasteiger partial charge is 0.206 e. The lowest BCUT2D eigenvalue weighted by atomic mass is 10.1. The molecule has 0 radical (unpaired) electrons. The van der Waals surface area contributed by atoms with Crippen molar-refractivity contribution >= 4 is 14.5 Å². The van der Waals surface area contributed by atoms with Crippen LogP contribution < -0.4 is 5.30 Å². The van der Waals surface area contributed by atoms with E-state index in [1.54, 1.807) is 0 Å². The summed E-state index contributed by atoms with van der Waals surface area (Å²) in [4.78, 5) is 0. The maximum absolute atomic E-state index is 13.4. The van der Waals surface area contributed by atoms with Crippen LogP contribution in [0.4, 0.5) is 39.5 Å². The van der Waals surface area contributed by atoms with E-state index in [1.807, 2.05) is 0 Å². The zero-order valence-electron chi connectivity index (χ0n) is 8.48. The normalized spacial score (nSPS) is 22.4. The molecule has 0 nitrogen and oxygen atoms in total. The van der Waals surface area contributed by atoms with E-state index in [-0.39, 0.29) is 0 Å². The van der Waals surface area contributed by atoms with Crippen molar-refractivity contribution in [3.63, 3.8) is 0 Å². The average molecular weight is 312 g/mol. The second-order valence-corrected chi connectivity index (χ2v) is 4.41. The van der Waals surface area contributed by atoms with Crippen molar-refractivity contribution in [3.05, 3.63) is 28.6 Å². The largest absolute Gasteiger partial charge is 0.380 e. The lowest BCUT2D eigenvalue weighted by Gasteiger charge is -2.23. The Bertz CT molecular complexity index is 529. The average Bonchev–Trinajstić information content (AvgIpc) is 2.39. The van der Waals surface area contributed by atoms with Gasteiger partial charge in [-0.25, -0.2) is 13.2 Å². The van der Waals surface area contributed by atoms with Crippen LogP contribution in [0.25, 0.3) is 0 Å². The first-order chi connectivity index (χ1) is 8.39. The number of alkyl halides is 6. The van der Waals surface area contributed by atoms with Crippen LogP contribution in [0.2, 0.25) is 0 Å². The van der Waals surface area contributed by atoms with Crippen molar-refractivity contribution in [1.29, 1.82) is 0 Å². The first-order valence-corrected chi connectivity index (χ1v) is 5.07.